The maximum Gasteiger partial charge on any atom is 0.345 e. The highest BCUT2D eigenvalue weighted by atomic mass is 32.1. The van der Waals surface area contributed by atoms with E-state index in [2.05, 4.69) is 4.98 Å². The van der Waals surface area contributed by atoms with Crippen LogP contribution in [0.4, 0.5) is 10.1 Å². The largest absolute Gasteiger partial charge is 0.442 e. The molecule has 0 unspecified atom stereocenters. The van der Waals surface area contributed by atoms with Crippen LogP contribution in [0, 0.1) is 10.1 Å². The van der Waals surface area contributed by atoms with Crippen molar-refractivity contribution in [3.8, 4) is 0 Å². The van der Waals surface area contributed by atoms with Gasteiger partial charge in [0.05, 0.1) is 4.92 Å². The van der Waals surface area contributed by atoms with Gasteiger partial charge in [-0.2, -0.15) is 0 Å². The number of ether oxygens (including phenoxy) is 1. The Labute approximate surface area is 106 Å². The van der Waals surface area contributed by atoms with Crippen LogP contribution in [0.3, 0.4) is 0 Å². The van der Waals surface area contributed by atoms with Gasteiger partial charge in [0.25, 0.3) is 0 Å². The molecule has 0 saturated heterocycles. The van der Waals surface area contributed by atoms with Crippen LogP contribution in [0.15, 0.2) is 6.20 Å². The van der Waals surface area contributed by atoms with Gasteiger partial charge in [0.15, 0.2) is 6.23 Å². The Bertz CT molecular complexity index is 486. The normalized spacial score (nSPS) is 11.7. The Kier molecular flexibility index (Phi) is 4.32. The molecular weight excluding hydrogens is 262 g/mol. The molecule has 0 aliphatic rings. The lowest BCUT2D eigenvalue weighted by molar-refractivity contribution is -0.380. The molecule has 0 aliphatic heterocycles. The molecule has 0 N–H and O–H groups in total. The first-order chi connectivity index (χ1) is 8.32. The van der Waals surface area contributed by atoms with E-state index < -0.39 is 23.0 Å². The maximum atomic E-state index is 11.5. The van der Waals surface area contributed by atoms with Crippen LogP contribution in [-0.2, 0) is 14.3 Å². The van der Waals surface area contributed by atoms with E-state index in [1.165, 1.54) is 20.8 Å². The Morgan fingerprint density at radius 3 is 2.56 bits per heavy atom. The van der Waals surface area contributed by atoms with Crippen molar-refractivity contribution in [3.05, 3.63) is 16.3 Å². The zero-order valence-electron chi connectivity index (χ0n) is 9.95. The van der Waals surface area contributed by atoms with Crippen LogP contribution in [0.1, 0.15) is 20.8 Å². The summed E-state index contributed by atoms with van der Waals surface area (Å²) in [5, 5.41) is 10.5. The van der Waals surface area contributed by atoms with Crippen molar-refractivity contribution in [2.45, 2.75) is 27.0 Å². The first-order valence-electron chi connectivity index (χ1n) is 4.90. The van der Waals surface area contributed by atoms with Gasteiger partial charge in [-0.25, -0.2) is 4.98 Å². The summed E-state index contributed by atoms with van der Waals surface area (Å²) in [4.78, 5) is 37.1. The molecule has 1 heterocycles. The minimum atomic E-state index is -0.870. The van der Waals surface area contributed by atoms with E-state index in [4.69, 9.17) is 4.74 Å². The number of hydrogen-bond donors (Lipinski definition) is 0. The van der Waals surface area contributed by atoms with Crippen molar-refractivity contribution in [3.63, 3.8) is 0 Å². The maximum absolute atomic E-state index is 11.5. The quantitative estimate of drug-likeness (QED) is 0.354. The van der Waals surface area contributed by atoms with E-state index in [1.54, 1.807) is 0 Å². The van der Waals surface area contributed by atoms with Gasteiger partial charge in [0.1, 0.15) is 6.20 Å². The van der Waals surface area contributed by atoms with Crippen LogP contribution in [0.5, 0.6) is 0 Å². The third-order valence-corrected chi connectivity index (χ3v) is 2.85. The molecule has 0 fully saturated rings. The fourth-order valence-corrected chi connectivity index (χ4v) is 2.14. The monoisotopic (exact) mass is 273 g/mol. The molecule has 8 nitrogen and oxygen atoms in total. The number of esters is 1. The van der Waals surface area contributed by atoms with E-state index >= 15 is 0 Å². The van der Waals surface area contributed by atoms with Gasteiger partial charge >= 0.3 is 11.0 Å². The van der Waals surface area contributed by atoms with Gasteiger partial charge in [-0.05, 0) is 18.3 Å². The van der Waals surface area contributed by atoms with Gasteiger partial charge < -0.3 is 4.74 Å². The highest BCUT2D eigenvalue weighted by Gasteiger charge is 2.26. The third-order valence-electron chi connectivity index (χ3n) is 1.91. The second-order valence-corrected chi connectivity index (χ2v) is 4.32. The van der Waals surface area contributed by atoms with Crippen LogP contribution >= 0.6 is 11.3 Å². The number of anilines is 1. The number of rotatable bonds is 4. The van der Waals surface area contributed by atoms with Gasteiger partial charge in [-0.15, -0.1) is 0 Å². The zero-order chi connectivity index (χ0) is 13.9. The van der Waals surface area contributed by atoms with E-state index in [0.717, 1.165) is 22.4 Å². The average Bonchev–Trinajstić information content (AvgIpc) is 2.64. The molecule has 1 aromatic heterocycles. The molecule has 0 saturated carbocycles. The van der Waals surface area contributed by atoms with E-state index in [-0.39, 0.29) is 10.1 Å². The number of thiazole rings is 1. The fraction of sp³-hybridized carbons (Fsp3) is 0.444. The minimum Gasteiger partial charge on any atom is -0.442 e. The molecule has 1 amide bonds. The molecule has 98 valence electrons. The predicted octanol–water partition coefficient (Wildman–Crippen LogP) is 1.31. The van der Waals surface area contributed by atoms with Crippen molar-refractivity contribution in [2.24, 2.45) is 0 Å². The Balaban J connectivity index is 3.00. The third kappa shape index (κ3) is 3.23. The Morgan fingerprint density at radius 2 is 2.17 bits per heavy atom. The smallest absolute Gasteiger partial charge is 0.345 e. The minimum absolute atomic E-state index is 0.114. The molecule has 18 heavy (non-hydrogen) atoms. The summed E-state index contributed by atoms with van der Waals surface area (Å²) < 4.78 is 4.86. The number of aromatic nitrogens is 1. The Hall–Kier alpha value is -2.03. The second-order valence-electron chi connectivity index (χ2n) is 3.34. The van der Waals surface area contributed by atoms with Crippen LogP contribution in [0.2, 0.25) is 0 Å². The van der Waals surface area contributed by atoms with Crippen molar-refractivity contribution in [1.82, 2.24) is 4.98 Å². The Morgan fingerprint density at radius 1 is 1.56 bits per heavy atom. The standard InChI is InChI=1S/C9H11N3O5S/c1-5(13)11(6(2)17-7(3)14)9-10-4-8(18-9)12(15)16/h4,6H,1-3H3/t6-/m0/s1. The number of nitrogens with zero attached hydrogens (tertiary/aromatic N) is 3. The van der Waals surface area contributed by atoms with Crippen LogP contribution < -0.4 is 4.90 Å². The van der Waals surface area contributed by atoms with Crippen LogP contribution in [-0.4, -0.2) is 28.0 Å². The number of amides is 1. The highest BCUT2D eigenvalue weighted by molar-refractivity contribution is 7.18. The number of hydrogen-bond acceptors (Lipinski definition) is 7. The first kappa shape index (κ1) is 14.0. The summed E-state index contributed by atoms with van der Waals surface area (Å²) >= 11 is 0.736. The number of nitro groups is 1. The zero-order valence-corrected chi connectivity index (χ0v) is 10.8. The van der Waals surface area contributed by atoms with Crippen molar-refractivity contribution < 1.29 is 19.2 Å². The highest BCUT2D eigenvalue weighted by Crippen LogP contribution is 2.29. The lowest BCUT2D eigenvalue weighted by Gasteiger charge is -2.24. The van der Waals surface area contributed by atoms with Gasteiger partial charge in [-0.3, -0.25) is 24.6 Å². The van der Waals surface area contributed by atoms with E-state index in [0.29, 0.717) is 0 Å². The SMILES string of the molecule is CC(=O)O[C@@H](C)N(C(C)=O)c1ncc([N+](=O)[O-])s1. The van der Waals surface area contributed by atoms with E-state index in [9.17, 15) is 19.7 Å². The van der Waals surface area contributed by atoms with Crippen LogP contribution in [0.25, 0.3) is 0 Å². The molecule has 0 aliphatic carbocycles. The topological polar surface area (TPSA) is 103 Å². The first-order valence-corrected chi connectivity index (χ1v) is 5.71. The molecule has 9 heteroatoms. The summed E-state index contributed by atoms with van der Waals surface area (Å²) in [6.45, 7) is 3.95. The van der Waals surface area contributed by atoms with Crippen molar-refractivity contribution >= 4 is 33.3 Å². The molecule has 0 aromatic carbocycles. The molecule has 1 aromatic rings. The van der Waals surface area contributed by atoms with E-state index in [1.807, 2.05) is 0 Å². The van der Waals surface area contributed by atoms with Crippen molar-refractivity contribution in [2.75, 3.05) is 4.90 Å². The van der Waals surface area contributed by atoms with Gasteiger partial charge in [0, 0.05) is 13.8 Å². The lowest BCUT2D eigenvalue weighted by atomic mass is 10.5. The number of carbonyl (C=O) groups excluding carboxylic acids is 2. The second kappa shape index (κ2) is 5.54. The van der Waals surface area contributed by atoms with Gasteiger partial charge in [0.2, 0.25) is 11.0 Å². The molecular formula is C9H11N3O5S. The fourth-order valence-electron chi connectivity index (χ4n) is 1.29. The molecule has 0 bridgehead atoms. The summed E-state index contributed by atoms with van der Waals surface area (Å²) in [5.74, 6) is -0.979. The summed E-state index contributed by atoms with van der Waals surface area (Å²) in [6.07, 6.45) is 0.182. The number of carbonyl (C=O) groups is 2. The molecule has 1 rings (SSSR count). The molecule has 1 atom stereocenters. The predicted molar refractivity (Wildman–Crippen MR) is 63.2 cm³/mol. The summed E-state index contributed by atoms with van der Waals surface area (Å²) in [6, 6.07) is 0. The molecule has 0 radical (unpaired) electrons. The summed E-state index contributed by atoms with van der Waals surface area (Å²) in [5.41, 5.74) is 0. The van der Waals surface area contributed by atoms with Gasteiger partial charge in [-0.1, -0.05) is 0 Å². The van der Waals surface area contributed by atoms with Crippen molar-refractivity contribution in [1.29, 1.82) is 0 Å². The molecule has 0 spiro atoms. The summed E-state index contributed by atoms with van der Waals surface area (Å²) in [7, 11) is 0. The lowest BCUT2D eigenvalue weighted by Crippen LogP contribution is -2.39. The average molecular weight is 273 g/mol.